The molecule has 5 aromatic rings. The maximum atomic E-state index is 13.8. The van der Waals surface area contributed by atoms with E-state index in [-0.39, 0.29) is 34.8 Å². The van der Waals surface area contributed by atoms with Crippen LogP contribution in [0.25, 0.3) is 16.6 Å². The zero-order chi connectivity index (χ0) is 31.3. The summed E-state index contributed by atoms with van der Waals surface area (Å²) < 4.78 is 18.1. The highest BCUT2D eigenvalue weighted by molar-refractivity contribution is 6.07. The second-order valence-corrected chi connectivity index (χ2v) is 11.2. The first-order chi connectivity index (χ1) is 21.8. The van der Waals surface area contributed by atoms with Gasteiger partial charge in [-0.15, -0.1) is 0 Å². The monoisotopic (exact) mass is 604 g/mol. The smallest absolute Gasteiger partial charge is 0.268 e. The molecule has 2 aromatic carbocycles. The highest BCUT2D eigenvalue weighted by atomic mass is 16.5. The Morgan fingerprint density at radius 2 is 1.71 bits per heavy atom. The summed E-state index contributed by atoms with van der Waals surface area (Å²) in [5.41, 5.74) is 0.0773. The molecule has 0 bridgehead atoms. The Labute approximate surface area is 257 Å². The van der Waals surface area contributed by atoms with E-state index in [1.807, 2.05) is 0 Å². The molecule has 0 aliphatic heterocycles. The van der Waals surface area contributed by atoms with Gasteiger partial charge >= 0.3 is 0 Å². The third-order valence-corrected chi connectivity index (χ3v) is 8.45. The maximum Gasteiger partial charge on any atom is 0.268 e. The van der Waals surface area contributed by atoms with Crippen molar-refractivity contribution in [1.82, 2.24) is 14.5 Å². The Morgan fingerprint density at radius 3 is 2.40 bits per heavy atom. The number of hydrogen-bond acceptors (Lipinski definition) is 9. The Kier molecular flexibility index (Phi) is 6.82. The summed E-state index contributed by atoms with van der Waals surface area (Å²) in [5, 5.41) is 14.6. The van der Waals surface area contributed by atoms with Gasteiger partial charge in [0.05, 0.1) is 31.6 Å². The molecular formula is C34H28N4O7. The number of aliphatic hydroxyl groups is 1. The minimum absolute atomic E-state index is 0.171. The van der Waals surface area contributed by atoms with Crippen LogP contribution in [0.15, 0.2) is 83.9 Å². The Bertz CT molecular complexity index is 2040. The van der Waals surface area contributed by atoms with Gasteiger partial charge in [-0.1, -0.05) is 18.2 Å². The van der Waals surface area contributed by atoms with E-state index in [1.54, 1.807) is 81.1 Å². The normalized spacial score (nSPS) is 16.2. The average Bonchev–Trinajstić information content (AvgIpc) is 3.84. The highest BCUT2D eigenvalue weighted by Crippen LogP contribution is 2.60. The quantitative estimate of drug-likeness (QED) is 0.255. The van der Waals surface area contributed by atoms with Gasteiger partial charge < -0.3 is 24.6 Å². The number of para-hydroxylation sites is 1. The number of hydrogen-bond donors (Lipinski definition) is 2. The largest absolute Gasteiger partial charge is 0.493 e. The first-order valence-electron chi connectivity index (χ1n) is 14.3. The lowest BCUT2D eigenvalue weighted by atomic mass is 9.80. The number of ketones is 1. The molecule has 11 nitrogen and oxygen atoms in total. The third-order valence-electron chi connectivity index (χ3n) is 8.45. The molecule has 226 valence electrons. The fraction of sp³-hybridized carbons (Fsp3) is 0.206. The second-order valence-electron chi connectivity index (χ2n) is 11.2. The summed E-state index contributed by atoms with van der Waals surface area (Å²) in [6.45, 7) is 0. The van der Waals surface area contributed by atoms with Crippen molar-refractivity contribution < 1.29 is 28.9 Å². The summed E-state index contributed by atoms with van der Waals surface area (Å²) in [6, 6.07) is 18.4. The maximum absolute atomic E-state index is 13.8. The number of carbonyl (C=O) groups excluding carboxylic acids is 2. The van der Waals surface area contributed by atoms with Crippen LogP contribution in [-0.4, -0.2) is 45.6 Å². The Morgan fingerprint density at radius 1 is 0.956 bits per heavy atom. The molecule has 2 N–H and O–H groups in total. The number of ether oxygens (including phenoxy) is 3. The molecule has 1 amide bonds. The van der Waals surface area contributed by atoms with Gasteiger partial charge in [0.1, 0.15) is 29.0 Å². The van der Waals surface area contributed by atoms with E-state index in [0.29, 0.717) is 52.4 Å². The zero-order valence-corrected chi connectivity index (χ0v) is 24.4. The van der Waals surface area contributed by atoms with E-state index in [9.17, 15) is 19.5 Å². The van der Waals surface area contributed by atoms with Crippen molar-refractivity contribution in [3.63, 3.8) is 0 Å². The molecule has 3 aromatic heterocycles. The number of Topliss-reactive ketones (excluding diaryl/α,β-unsaturated/α-hetero) is 1. The average molecular weight is 605 g/mol. The molecule has 45 heavy (non-hydrogen) atoms. The van der Waals surface area contributed by atoms with Gasteiger partial charge in [-0.25, -0.2) is 4.98 Å². The summed E-state index contributed by atoms with van der Waals surface area (Å²) in [4.78, 5) is 49.2. The molecule has 0 saturated heterocycles. The Balaban J connectivity index is 1.18. The number of rotatable bonds is 7. The number of aromatic nitrogens is 3. The van der Waals surface area contributed by atoms with Gasteiger partial charge in [-0.3, -0.25) is 23.9 Å². The van der Waals surface area contributed by atoms with Crippen molar-refractivity contribution in [2.45, 2.75) is 25.4 Å². The summed E-state index contributed by atoms with van der Waals surface area (Å²) in [6.07, 6.45) is 3.63. The van der Waals surface area contributed by atoms with Gasteiger partial charge in [0.2, 0.25) is 0 Å². The van der Waals surface area contributed by atoms with E-state index in [1.165, 1.54) is 16.8 Å². The molecule has 3 heterocycles. The van der Waals surface area contributed by atoms with Crippen LogP contribution in [0.4, 0.5) is 5.82 Å². The summed E-state index contributed by atoms with van der Waals surface area (Å²) in [7, 11) is 3.09. The van der Waals surface area contributed by atoms with E-state index < -0.39 is 23.0 Å². The molecule has 1 fully saturated rings. The first kappa shape index (κ1) is 28.2. The molecule has 1 atom stereocenters. The number of aliphatic hydroxyl groups excluding tert-OH is 1. The number of nitrogens with zero attached hydrogens (tertiary/aromatic N) is 3. The second kappa shape index (κ2) is 10.9. The molecule has 0 radical (unpaired) electrons. The van der Waals surface area contributed by atoms with Crippen molar-refractivity contribution in [1.29, 1.82) is 0 Å². The molecule has 11 heteroatoms. The van der Waals surface area contributed by atoms with Crippen molar-refractivity contribution in [2.24, 2.45) is 5.41 Å². The van der Waals surface area contributed by atoms with Crippen LogP contribution in [0.3, 0.4) is 0 Å². The zero-order valence-electron chi connectivity index (χ0n) is 24.4. The van der Waals surface area contributed by atoms with Gasteiger partial charge in [0, 0.05) is 40.7 Å². The number of nitrogens with one attached hydrogen (secondary N) is 1. The summed E-state index contributed by atoms with van der Waals surface area (Å²) >= 11 is 0. The van der Waals surface area contributed by atoms with E-state index >= 15 is 0 Å². The van der Waals surface area contributed by atoms with Crippen molar-refractivity contribution in [3.8, 4) is 28.7 Å². The predicted molar refractivity (Wildman–Crippen MR) is 165 cm³/mol. The number of pyridine rings is 3. The predicted octanol–water partition coefficient (Wildman–Crippen LogP) is 5.24. The van der Waals surface area contributed by atoms with E-state index in [2.05, 4.69) is 15.3 Å². The minimum Gasteiger partial charge on any atom is -0.493 e. The summed E-state index contributed by atoms with van der Waals surface area (Å²) in [5.74, 6) is 1.20. The lowest BCUT2D eigenvalue weighted by Gasteiger charge is -2.32. The van der Waals surface area contributed by atoms with Crippen LogP contribution in [0.1, 0.15) is 51.8 Å². The van der Waals surface area contributed by atoms with Crippen LogP contribution < -0.4 is 25.1 Å². The fourth-order valence-corrected chi connectivity index (χ4v) is 5.89. The lowest BCUT2D eigenvalue weighted by Crippen LogP contribution is -2.38. The van der Waals surface area contributed by atoms with Crippen LogP contribution >= 0.6 is 0 Å². The van der Waals surface area contributed by atoms with Gasteiger partial charge in [0.15, 0.2) is 17.3 Å². The highest BCUT2D eigenvalue weighted by Gasteiger charge is 2.55. The molecule has 1 spiro atoms. The molecule has 2 aliphatic carbocycles. The number of carbonyl (C=O) groups is 2. The minimum atomic E-state index is -0.995. The Hall–Kier alpha value is -5.55. The van der Waals surface area contributed by atoms with Crippen molar-refractivity contribution in [3.05, 3.63) is 106 Å². The molecule has 1 saturated carbocycles. The first-order valence-corrected chi connectivity index (χ1v) is 14.3. The molecule has 1 unspecified atom stereocenters. The number of benzene rings is 2. The van der Waals surface area contributed by atoms with Crippen LogP contribution in [0, 0.1) is 5.41 Å². The SMILES string of the molecule is COc1cc2nccc(Oc3ccc(NC(=O)c4cc5c(n(-c6ccccc6)c4=O)C(O)C4(CC4)CC5=O)nc3)c2cc1OC. The van der Waals surface area contributed by atoms with Crippen molar-refractivity contribution in [2.75, 3.05) is 19.5 Å². The van der Waals surface area contributed by atoms with Crippen LogP contribution in [-0.2, 0) is 0 Å². The van der Waals surface area contributed by atoms with Crippen LogP contribution in [0.5, 0.6) is 23.0 Å². The van der Waals surface area contributed by atoms with E-state index in [0.717, 1.165) is 0 Å². The molecular weight excluding hydrogens is 576 g/mol. The van der Waals surface area contributed by atoms with Gasteiger partial charge in [-0.2, -0.15) is 0 Å². The third kappa shape index (κ3) is 4.87. The standard InChI is InChI=1S/C34H28N4O7/c1-43-27-15-21-24(16-28(27)44-2)35-13-10-26(21)45-20-8-9-29(36-18-20)37-32(41)23-14-22-25(39)17-34(11-12-34)31(40)30(22)38(33(23)42)19-6-4-3-5-7-19/h3-10,13-16,18,31,40H,11-12,17H2,1-2H3,(H,36,37,41). The topological polar surface area (TPSA) is 142 Å². The molecule has 2 aliphatic rings. The van der Waals surface area contributed by atoms with Gasteiger partial charge in [-0.05, 0) is 55.3 Å². The lowest BCUT2D eigenvalue weighted by molar-refractivity contribution is 0.0581. The van der Waals surface area contributed by atoms with Gasteiger partial charge in [0.25, 0.3) is 11.5 Å². The van der Waals surface area contributed by atoms with E-state index in [4.69, 9.17) is 14.2 Å². The number of amides is 1. The number of fused-ring (bicyclic) bond motifs is 2. The van der Waals surface area contributed by atoms with Crippen molar-refractivity contribution >= 4 is 28.4 Å². The molecule has 7 rings (SSSR count). The number of methoxy groups -OCH3 is 2. The van der Waals surface area contributed by atoms with Crippen LogP contribution in [0.2, 0.25) is 0 Å². The number of anilines is 1. The fourth-order valence-electron chi connectivity index (χ4n) is 5.89.